The number of hydrogen-bond acceptors (Lipinski definition) is 3. The van der Waals surface area contributed by atoms with Crippen molar-refractivity contribution >= 4 is 10.0 Å². The zero-order chi connectivity index (χ0) is 13.9. The van der Waals surface area contributed by atoms with Crippen molar-refractivity contribution in [3.63, 3.8) is 0 Å². The van der Waals surface area contributed by atoms with E-state index in [1.165, 1.54) is 22.8 Å². The van der Waals surface area contributed by atoms with E-state index < -0.39 is 15.5 Å². The minimum absolute atomic E-state index is 0.0309. The van der Waals surface area contributed by atoms with E-state index in [4.69, 9.17) is 0 Å². The molecule has 2 rings (SSSR count). The van der Waals surface area contributed by atoms with Crippen LogP contribution in [0.5, 0.6) is 0 Å². The maximum absolute atomic E-state index is 12.6. The van der Waals surface area contributed by atoms with Crippen LogP contribution in [0.25, 0.3) is 0 Å². The van der Waals surface area contributed by atoms with Crippen LogP contribution in [-0.2, 0) is 10.0 Å². The van der Waals surface area contributed by atoms with Crippen LogP contribution in [0, 0.1) is 0 Å². The first-order valence-electron chi connectivity index (χ1n) is 6.76. The first kappa shape index (κ1) is 14.3. The van der Waals surface area contributed by atoms with E-state index in [2.05, 4.69) is 11.9 Å². The second kappa shape index (κ2) is 5.88. The Morgan fingerprint density at radius 2 is 2.21 bits per heavy atom. The van der Waals surface area contributed by atoms with Crippen LogP contribution in [0.1, 0.15) is 39.0 Å². The maximum Gasteiger partial charge on any atom is 0.248 e. The summed E-state index contributed by atoms with van der Waals surface area (Å²) in [4.78, 5) is 14.3. The van der Waals surface area contributed by atoms with Gasteiger partial charge in [-0.05, 0) is 19.3 Å². The Morgan fingerprint density at radius 3 is 2.89 bits per heavy atom. The maximum atomic E-state index is 12.6. The number of aromatic nitrogens is 1. The molecule has 6 heteroatoms. The molecule has 1 aromatic rings. The third kappa shape index (κ3) is 2.90. The number of pyridine rings is 1. The molecule has 0 aromatic carbocycles. The molecule has 1 aliphatic heterocycles. The van der Waals surface area contributed by atoms with Gasteiger partial charge in [-0.1, -0.05) is 19.8 Å². The molecule has 0 aliphatic carbocycles. The van der Waals surface area contributed by atoms with Crippen molar-refractivity contribution in [2.24, 2.45) is 0 Å². The van der Waals surface area contributed by atoms with E-state index in [0.29, 0.717) is 6.54 Å². The summed E-state index contributed by atoms with van der Waals surface area (Å²) in [6.45, 7) is 2.57. The van der Waals surface area contributed by atoms with Gasteiger partial charge in [-0.15, -0.1) is 0 Å². The topological polar surface area (TPSA) is 70.2 Å². The van der Waals surface area contributed by atoms with Crippen molar-refractivity contribution in [3.05, 3.63) is 28.7 Å². The molecule has 1 saturated heterocycles. The predicted molar refractivity (Wildman–Crippen MR) is 73.5 cm³/mol. The zero-order valence-corrected chi connectivity index (χ0v) is 11.9. The summed E-state index contributed by atoms with van der Waals surface area (Å²) < 4.78 is 26.7. The number of nitrogens with zero attached hydrogens (tertiary/aromatic N) is 1. The summed E-state index contributed by atoms with van der Waals surface area (Å²) in [5, 5.41) is 0. The smallest absolute Gasteiger partial charge is 0.248 e. The van der Waals surface area contributed by atoms with Gasteiger partial charge < -0.3 is 4.98 Å². The summed E-state index contributed by atoms with van der Waals surface area (Å²) in [6, 6.07) is 1.29. The number of rotatable bonds is 4. The van der Waals surface area contributed by atoms with Crippen molar-refractivity contribution in [1.29, 1.82) is 0 Å². The van der Waals surface area contributed by atoms with E-state index in [9.17, 15) is 13.2 Å². The lowest BCUT2D eigenvalue weighted by atomic mass is 10.0. The number of aromatic amines is 1. The highest BCUT2D eigenvalue weighted by Gasteiger charge is 2.34. The summed E-state index contributed by atoms with van der Waals surface area (Å²) in [5.74, 6) is 0. The second-order valence-electron chi connectivity index (χ2n) is 4.93. The van der Waals surface area contributed by atoms with Gasteiger partial charge in [0.15, 0.2) is 0 Å². The molecule has 1 atom stereocenters. The van der Waals surface area contributed by atoms with Crippen LogP contribution in [0.2, 0.25) is 0 Å². The van der Waals surface area contributed by atoms with Crippen molar-refractivity contribution < 1.29 is 8.42 Å². The molecule has 0 bridgehead atoms. The molecule has 1 aliphatic rings. The van der Waals surface area contributed by atoms with Gasteiger partial charge in [0.2, 0.25) is 15.5 Å². The molecule has 1 fully saturated rings. The fraction of sp³-hybridized carbons (Fsp3) is 0.615. The zero-order valence-electron chi connectivity index (χ0n) is 11.1. The Kier molecular flexibility index (Phi) is 4.42. The van der Waals surface area contributed by atoms with Gasteiger partial charge >= 0.3 is 0 Å². The van der Waals surface area contributed by atoms with Crippen molar-refractivity contribution in [3.8, 4) is 0 Å². The molecular formula is C13H20N2O3S. The molecule has 5 nitrogen and oxygen atoms in total. The fourth-order valence-corrected chi connectivity index (χ4v) is 4.41. The van der Waals surface area contributed by atoms with Crippen LogP contribution < -0.4 is 5.43 Å². The number of piperidine rings is 1. The molecule has 1 aromatic heterocycles. The molecule has 0 spiro atoms. The van der Waals surface area contributed by atoms with E-state index in [0.717, 1.165) is 32.1 Å². The van der Waals surface area contributed by atoms with E-state index in [-0.39, 0.29) is 10.9 Å². The van der Waals surface area contributed by atoms with Crippen LogP contribution in [0.3, 0.4) is 0 Å². The highest BCUT2D eigenvalue weighted by atomic mass is 32.2. The third-order valence-corrected chi connectivity index (χ3v) is 5.54. The van der Waals surface area contributed by atoms with E-state index >= 15 is 0 Å². The Bertz CT molecular complexity index is 578. The largest absolute Gasteiger partial charge is 0.366 e. The average Bonchev–Trinajstić information content (AvgIpc) is 2.40. The predicted octanol–water partition coefficient (Wildman–Crippen LogP) is 1.72. The van der Waals surface area contributed by atoms with Gasteiger partial charge in [-0.25, -0.2) is 8.42 Å². The molecule has 0 amide bonds. The lowest BCUT2D eigenvalue weighted by Gasteiger charge is -2.34. The number of H-pyrrole nitrogens is 1. The van der Waals surface area contributed by atoms with Gasteiger partial charge in [-0.3, -0.25) is 4.79 Å². The normalized spacial score (nSPS) is 21.4. The fourth-order valence-electron chi connectivity index (χ4n) is 2.64. The van der Waals surface area contributed by atoms with Gasteiger partial charge in [0.05, 0.1) is 0 Å². The first-order valence-corrected chi connectivity index (χ1v) is 8.20. The standard InChI is InChI=1S/C13H20N2O3S/c1-2-5-11-6-3-4-9-15(11)19(17,18)13-10-14-8-7-12(13)16/h7-8,10-11H,2-6,9H2,1H3,(H,14,16). The SMILES string of the molecule is CCCC1CCCCN1S(=O)(=O)c1c[nH]ccc1=O. The van der Waals surface area contributed by atoms with Crippen molar-refractivity contribution in [1.82, 2.24) is 9.29 Å². The van der Waals surface area contributed by atoms with Gasteiger partial charge in [-0.2, -0.15) is 4.31 Å². The molecule has 0 radical (unpaired) electrons. The van der Waals surface area contributed by atoms with E-state index in [1.807, 2.05) is 0 Å². The summed E-state index contributed by atoms with van der Waals surface area (Å²) in [5.41, 5.74) is -0.445. The first-order chi connectivity index (χ1) is 9.07. The Labute approximate surface area is 113 Å². The minimum Gasteiger partial charge on any atom is -0.366 e. The van der Waals surface area contributed by atoms with Gasteiger partial charge in [0.1, 0.15) is 4.90 Å². The molecule has 1 unspecified atom stereocenters. The molecule has 106 valence electrons. The number of hydrogen-bond donors (Lipinski definition) is 1. The van der Waals surface area contributed by atoms with Gasteiger partial charge in [0.25, 0.3) is 0 Å². The van der Waals surface area contributed by atoms with Crippen LogP contribution in [-0.4, -0.2) is 30.3 Å². The molecule has 1 N–H and O–H groups in total. The second-order valence-corrected chi connectivity index (χ2v) is 6.79. The Hall–Kier alpha value is -1.14. The Morgan fingerprint density at radius 1 is 1.42 bits per heavy atom. The highest BCUT2D eigenvalue weighted by molar-refractivity contribution is 7.89. The molecule has 2 heterocycles. The minimum atomic E-state index is -3.67. The lowest BCUT2D eigenvalue weighted by molar-refractivity contribution is 0.239. The lowest BCUT2D eigenvalue weighted by Crippen LogP contribution is -2.44. The van der Waals surface area contributed by atoms with Crippen LogP contribution >= 0.6 is 0 Å². The molecule has 0 saturated carbocycles. The summed E-state index contributed by atoms with van der Waals surface area (Å²) in [6.07, 6.45) is 7.34. The monoisotopic (exact) mass is 284 g/mol. The number of sulfonamides is 1. The highest BCUT2D eigenvalue weighted by Crippen LogP contribution is 2.26. The third-order valence-electron chi connectivity index (χ3n) is 3.57. The van der Waals surface area contributed by atoms with Crippen molar-refractivity contribution in [2.75, 3.05) is 6.54 Å². The molecule has 19 heavy (non-hydrogen) atoms. The quantitative estimate of drug-likeness (QED) is 0.915. The van der Waals surface area contributed by atoms with Crippen LogP contribution in [0.4, 0.5) is 0 Å². The number of nitrogens with one attached hydrogen (secondary N) is 1. The van der Waals surface area contributed by atoms with Crippen molar-refractivity contribution in [2.45, 2.75) is 50.0 Å². The van der Waals surface area contributed by atoms with Gasteiger partial charge in [0, 0.05) is 31.0 Å². The summed E-state index contributed by atoms with van der Waals surface area (Å²) in [7, 11) is -3.67. The average molecular weight is 284 g/mol. The summed E-state index contributed by atoms with van der Waals surface area (Å²) >= 11 is 0. The molecular weight excluding hydrogens is 264 g/mol. The van der Waals surface area contributed by atoms with Crippen LogP contribution in [0.15, 0.2) is 28.2 Å². The Balaban J connectivity index is 2.37. The van der Waals surface area contributed by atoms with E-state index in [1.54, 1.807) is 0 Å².